The van der Waals surface area contributed by atoms with Gasteiger partial charge in [0.2, 0.25) is 0 Å². The molecule has 0 N–H and O–H groups in total. The normalized spacial score (nSPS) is 10.8. The number of hydrogen-bond acceptors (Lipinski definition) is 3. The molecule has 13 heavy (non-hydrogen) atoms. The van der Waals surface area contributed by atoms with Crippen molar-refractivity contribution in [1.29, 1.82) is 0 Å². The molecule has 0 radical (unpaired) electrons. The maximum Gasteiger partial charge on any atom is 0.333 e. The lowest BCUT2D eigenvalue weighted by Gasteiger charge is -1.98. The average molecular weight is 191 g/mol. The van der Waals surface area contributed by atoms with E-state index in [-0.39, 0.29) is 17.1 Å². The summed E-state index contributed by atoms with van der Waals surface area (Å²) in [7, 11) is 0. The molecule has 0 fully saturated rings. The van der Waals surface area contributed by atoms with Crippen LogP contribution in [0.4, 0.5) is 14.5 Å². The van der Waals surface area contributed by atoms with Gasteiger partial charge in [-0.1, -0.05) is 0 Å². The van der Waals surface area contributed by atoms with E-state index in [1.165, 1.54) is 13.8 Å². The Labute approximate surface area is 72.1 Å². The van der Waals surface area contributed by atoms with E-state index < -0.39 is 11.5 Å². The van der Waals surface area contributed by atoms with Crippen molar-refractivity contribution in [1.82, 2.24) is 9.78 Å². The first-order valence-corrected chi connectivity index (χ1v) is 3.43. The predicted octanol–water partition coefficient (Wildman–Crippen LogP) is 1.80. The minimum atomic E-state index is -2.84. The summed E-state index contributed by atoms with van der Waals surface area (Å²) in [6, 6.07) is 0. The van der Waals surface area contributed by atoms with Gasteiger partial charge in [0, 0.05) is 0 Å². The van der Waals surface area contributed by atoms with E-state index in [4.69, 9.17) is 0 Å². The lowest BCUT2D eigenvalue weighted by molar-refractivity contribution is -0.386. The predicted molar refractivity (Wildman–Crippen MR) is 39.6 cm³/mol. The zero-order valence-electron chi connectivity index (χ0n) is 6.99. The van der Waals surface area contributed by atoms with E-state index in [0.717, 1.165) is 0 Å². The Morgan fingerprint density at radius 2 is 2.08 bits per heavy atom. The highest BCUT2D eigenvalue weighted by Gasteiger charge is 2.24. The van der Waals surface area contributed by atoms with Crippen LogP contribution >= 0.6 is 0 Å². The van der Waals surface area contributed by atoms with Crippen LogP contribution in [-0.4, -0.2) is 14.7 Å². The molecular weight excluding hydrogens is 184 g/mol. The van der Waals surface area contributed by atoms with Gasteiger partial charge < -0.3 is 0 Å². The molecule has 1 aromatic rings. The smallest absolute Gasteiger partial charge is 0.258 e. The van der Waals surface area contributed by atoms with E-state index in [1.54, 1.807) is 0 Å². The van der Waals surface area contributed by atoms with Gasteiger partial charge in [-0.25, -0.2) is 4.68 Å². The first-order chi connectivity index (χ1) is 5.95. The number of nitrogens with zero attached hydrogens (tertiary/aromatic N) is 3. The van der Waals surface area contributed by atoms with Crippen molar-refractivity contribution in [2.24, 2.45) is 0 Å². The Hall–Kier alpha value is -1.53. The quantitative estimate of drug-likeness (QED) is 0.529. The van der Waals surface area contributed by atoms with Crippen molar-refractivity contribution >= 4 is 5.69 Å². The molecule has 0 saturated heterocycles. The number of halogens is 2. The Bertz CT molecular complexity index is 348. The molecule has 0 unspecified atom stereocenters. The third-order valence-corrected chi connectivity index (χ3v) is 1.65. The van der Waals surface area contributed by atoms with Gasteiger partial charge >= 0.3 is 12.2 Å². The van der Waals surface area contributed by atoms with E-state index in [2.05, 4.69) is 5.10 Å². The number of rotatable bonds is 2. The maximum atomic E-state index is 12.2. The number of alkyl halides is 2. The van der Waals surface area contributed by atoms with Gasteiger partial charge in [-0.15, -0.1) is 0 Å². The molecule has 0 aliphatic heterocycles. The van der Waals surface area contributed by atoms with E-state index in [1.807, 2.05) is 0 Å². The van der Waals surface area contributed by atoms with Gasteiger partial charge in [0.05, 0.1) is 4.92 Å². The van der Waals surface area contributed by atoms with E-state index in [0.29, 0.717) is 4.68 Å². The van der Waals surface area contributed by atoms with Crippen molar-refractivity contribution in [2.45, 2.75) is 20.4 Å². The monoisotopic (exact) mass is 191 g/mol. The minimum Gasteiger partial charge on any atom is -0.258 e. The zero-order chi connectivity index (χ0) is 10.2. The third kappa shape index (κ3) is 1.49. The number of aryl methyl sites for hydroxylation is 1. The molecule has 0 aliphatic rings. The molecule has 0 atom stereocenters. The summed E-state index contributed by atoms with van der Waals surface area (Å²) in [6.07, 6.45) is 0. The van der Waals surface area contributed by atoms with Gasteiger partial charge in [-0.2, -0.15) is 13.9 Å². The molecular formula is C6H7F2N3O2. The Kier molecular flexibility index (Phi) is 2.26. The van der Waals surface area contributed by atoms with Crippen molar-refractivity contribution in [3.63, 3.8) is 0 Å². The van der Waals surface area contributed by atoms with Crippen LogP contribution in [0.25, 0.3) is 0 Å². The molecule has 7 heteroatoms. The highest BCUT2D eigenvalue weighted by Crippen LogP contribution is 2.25. The van der Waals surface area contributed by atoms with Crippen molar-refractivity contribution in [3.05, 3.63) is 21.5 Å². The van der Waals surface area contributed by atoms with Crippen molar-refractivity contribution in [2.75, 3.05) is 0 Å². The lowest BCUT2D eigenvalue weighted by Crippen LogP contribution is -2.02. The summed E-state index contributed by atoms with van der Waals surface area (Å²) < 4.78 is 24.7. The summed E-state index contributed by atoms with van der Waals surface area (Å²) in [5.74, 6) is 0. The fraction of sp³-hybridized carbons (Fsp3) is 0.500. The molecule has 0 spiro atoms. The van der Waals surface area contributed by atoms with Gasteiger partial charge in [-0.3, -0.25) is 10.1 Å². The van der Waals surface area contributed by atoms with Crippen LogP contribution in [-0.2, 0) is 0 Å². The van der Waals surface area contributed by atoms with Crippen molar-refractivity contribution < 1.29 is 13.7 Å². The zero-order valence-corrected chi connectivity index (χ0v) is 6.99. The molecule has 0 aromatic carbocycles. The maximum absolute atomic E-state index is 12.2. The molecule has 72 valence electrons. The molecule has 1 aromatic heterocycles. The number of nitro groups is 1. The summed E-state index contributed by atoms with van der Waals surface area (Å²) in [5.41, 5.74) is -0.472. The number of hydrogen-bond donors (Lipinski definition) is 0. The molecule has 0 amide bonds. The number of aromatic nitrogens is 2. The Morgan fingerprint density at radius 1 is 1.54 bits per heavy atom. The van der Waals surface area contributed by atoms with E-state index in [9.17, 15) is 18.9 Å². The highest BCUT2D eigenvalue weighted by molar-refractivity contribution is 5.39. The molecule has 0 bridgehead atoms. The SMILES string of the molecule is Cc1nn(C(F)F)c(C)c1[N+](=O)[O-]. The lowest BCUT2D eigenvalue weighted by atomic mass is 10.3. The Morgan fingerprint density at radius 3 is 2.31 bits per heavy atom. The highest BCUT2D eigenvalue weighted by atomic mass is 19.3. The first kappa shape index (κ1) is 9.56. The largest absolute Gasteiger partial charge is 0.333 e. The minimum absolute atomic E-state index is 0.00259. The van der Waals surface area contributed by atoms with Crippen LogP contribution in [0, 0.1) is 24.0 Å². The second-order valence-electron chi connectivity index (χ2n) is 2.50. The standard InChI is InChI=1S/C6H7F2N3O2/c1-3-5(11(12)13)4(2)10(9-3)6(7)8/h6H,1-2H3. The summed E-state index contributed by atoms with van der Waals surface area (Å²) in [4.78, 5) is 9.67. The van der Waals surface area contributed by atoms with Crippen LogP contribution in [0.2, 0.25) is 0 Å². The third-order valence-electron chi connectivity index (χ3n) is 1.65. The molecule has 0 saturated carbocycles. The van der Waals surface area contributed by atoms with Crippen LogP contribution < -0.4 is 0 Å². The van der Waals surface area contributed by atoms with Crippen molar-refractivity contribution in [3.8, 4) is 0 Å². The second kappa shape index (κ2) is 3.08. The fourth-order valence-electron chi connectivity index (χ4n) is 1.11. The van der Waals surface area contributed by atoms with Gasteiger partial charge in [-0.05, 0) is 13.8 Å². The first-order valence-electron chi connectivity index (χ1n) is 3.43. The van der Waals surface area contributed by atoms with Crippen LogP contribution in [0.15, 0.2) is 0 Å². The molecule has 1 rings (SSSR count). The summed E-state index contributed by atoms with van der Waals surface area (Å²) in [6.45, 7) is -0.277. The van der Waals surface area contributed by atoms with Gasteiger partial charge in [0.25, 0.3) is 0 Å². The Balaban J connectivity index is 3.30. The van der Waals surface area contributed by atoms with E-state index >= 15 is 0 Å². The van der Waals surface area contributed by atoms with Gasteiger partial charge in [0.1, 0.15) is 11.4 Å². The average Bonchev–Trinajstić information content (AvgIpc) is 2.26. The molecule has 0 aliphatic carbocycles. The molecule has 1 heterocycles. The van der Waals surface area contributed by atoms with Crippen LogP contribution in [0.5, 0.6) is 0 Å². The van der Waals surface area contributed by atoms with Gasteiger partial charge in [0.15, 0.2) is 0 Å². The van der Waals surface area contributed by atoms with Crippen LogP contribution in [0.1, 0.15) is 17.9 Å². The second-order valence-corrected chi connectivity index (χ2v) is 2.50. The topological polar surface area (TPSA) is 61.0 Å². The fourth-order valence-corrected chi connectivity index (χ4v) is 1.11. The summed E-state index contributed by atoms with van der Waals surface area (Å²) in [5, 5.41) is 13.7. The summed E-state index contributed by atoms with van der Waals surface area (Å²) >= 11 is 0. The van der Waals surface area contributed by atoms with Crippen LogP contribution in [0.3, 0.4) is 0 Å². The molecule has 5 nitrogen and oxygen atoms in total.